The van der Waals surface area contributed by atoms with E-state index in [0.29, 0.717) is 13.0 Å². The molecule has 1 heterocycles. The van der Waals surface area contributed by atoms with Crippen LogP contribution in [0.1, 0.15) is 39.0 Å². The van der Waals surface area contributed by atoms with Crippen molar-refractivity contribution in [2.45, 2.75) is 45.1 Å². The largest absolute Gasteiger partial charge is 0.481 e. The molecule has 6 heteroatoms. The monoisotopic (exact) mass is 257 g/mol. The van der Waals surface area contributed by atoms with E-state index in [-0.39, 0.29) is 18.7 Å². The molecule has 0 aromatic heterocycles. The Kier molecular flexibility index (Phi) is 5.12. The number of carboxylic acid groups (broad SMARTS) is 2. The number of likely N-dealkylation sites (tertiary alicyclic amines) is 1. The third-order valence-electron chi connectivity index (χ3n) is 3.28. The fourth-order valence-corrected chi connectivity index (χ4v) is 2.20. The molecule has 0 bridgehead atoms. The Balaban J connectivity index is 2.62. The van der Waals surface area contributed by atoms with Crippen molar-refractivity contribution in [3.63, 3.8) is 0 Å². The van der Waals surface area contributed by atoms with Crippen LogP contribution in [-0.4, -0.2) is 45.5 Å². The van der Waals surface area contributed by atoms with Gasteiger partial charge in [-0.2, -0.15) is 0 Å². The van der Waals surface area contributed by atoms with Crippen LogP contribution < -0.4 is 0 Å². The number of hydrogen-bond acceptors (Lipinski definition) is 3. The van der Waals surface area contributed by atoms with Gasteiger partial charge >= 0.3 is 11.9 Å². The molecule has 0 spiro atoms. The van der Waals surface area contributed by atoms with Crippen LogP contribution in [0.5, 0.6) is 0 Å². The molecule has 0 radical (unpaired) electrons. The summed E-state index contributed by atoms with van der Waals surface area (Å²) >= 11 is 0. The highest BCUT2D eigenvalue weighted by atomic mass is 16.4. The number of carboxylic acids is 2. The lowest BCUT2D eigenvalue weighted by Crippen LogP contribution is -2.49. The molecule has 0 aromatic carbocycles. The highest BCUT2D eigenvalue weighted by molar-refractivity contribution is 5.85. The van der Waals surface area contributed by atoms with Gasteiger partial charge < -0.3 is 15.1 Å². The molecule has 102 valence electrons. The summed E-state index contributed by atoms with van der Waals surface area (Å²) in [5.74, 6) is -2.61. The van der Waals surface area contributed by atoms with Gasteiger partial charge in [-0.1, -0.05) is 6.92 Å². The Morgan fingerprint density at radius 1 is 1.28 bits per heavy atom. The molecule has 2 unspecified atom stereocenters. The zero-order valence-electron chi connectivity index (χ0n) is 10.5. The molecular formula is C12H19NO5. The molecule has 1 amide bonds. The number of hydrogen-bond donors (Lipinski definition) is 2. The van der Waals surface area contributed by atoms with Crippen LogP contribution in [-0.2, 0) is 14.4 Å². The predicted molar refractivity (Wildman–Crippen MR) is 63.0 cm³/mol. The van der Waals surface area contributed by atoms with Crippen molar-refractivity contribution in [2.24, 2.45) is 5.92 Å². The van der Waals surface area contributed by atoms with E-state index in [1.165, 1.54) is 4.90 Å². The number of amides is 1. The Morgan fingerprint density at radius 3 is 2.50 bits per heavy atom. The Hall–Kier alpha value is -1.59. The van der Waals surface area contributed by atoms with Gasteiger partial charge in [0.05, 0.1) is 0 Å². The summed E-state index contributed by atoms with van der Waals surface area (Å²) in [4.78, 5) is 35.0. The van der Waals surface area contributed by atoms with Crippen LogP contribution in [0.2, 0.25) is 0 Å². The van der Waals surface area contributed by atoms with E-state index in [1.807, 2.05) is 0 Å². The van der Waals surface area contributed by atoms with Gasteiger partial charge in [-0.15, -0.1) is 0 Å². The van der Waals surface area contributed by atoms with E-state index in [4.69, 9.17) is 10.2 Å². The maximum Gasteiger partial charge on any atom is 0.326 e. The van der Waals surface area contributed by atoms with Gasteiger partial charge in [0.25, 0.3) is 0 Å². The maximum atomic E-state index is 12.1. The molecule has 0 aliphatic carbocycles. The topological polar surface area (TPSA) is 94.9 Å². The molecule has 1 aliphatic heterocycles. The van der Waals surface area contributed by atoms with Crippen LogP contribution in [0.25, 0.3) is 0 Å². The third kappa shape index (κ3) is 3.72. The minimum atomic E-state index is -0.978. The Morgan fingerprint density at radius 2 is 1.94 bits per heavy atom. The van der Waals surface area contributed by atoms with Crippen LogP contribution >= 0.6 is 0 Å². The fraction of sp³-hybridized carbons (Fsp3) is 0.750. The van der Waals surface area contributed by atoms with Crippen molar-refractivity contribution in [2.75, 3.05) is 6.54 Å². The number of nitrogens with zero attached hydrogens (tertiary/aromatic N) is 1. The number of aliphatic carboxylic acids is 2. The molecule has 1 saturated heterocycles. The Bertz CT molecular complexity index is 341. The zero-order valence-corrected chi connectivity index (χ0v) is 10.5. The van der Waals surface area contributed by atoms with Crippen LogP contribution in [0.4, 0.5) is 0 Å². The highest BCUT2D eigenvalue weighted by Gasteiger charge is 2.33. The summed E-state index contributed by atoms with van der Waals surface area (Å²) in [5.41, 5.74) is 0. The smallest absolute Gasteiger partial charge is 0.326 e. The summed E-state index contributed by atoms with van der Waals surface area (Å²) in [7, 11) is 0. The lowest BCUT2D eigenvalue weighted by Gasteiger charge is -2.34. The fourth-order valence-electron chi connectivity index (χ4n) is 2.20. The van der Waals surface area contributed by atoms with Crippen molar-refractivity contribution in [3.05, 3.63) is 0 Å². The normalized spacial score (nSPS) is 21.4. The van der Waals surface area contributed by atoms with Gasteiger partial charge in [0, 0.05) is 18.9 Å². The number of carbonyl (C=O) groups excluding carboxylic acids is 1. The van der Waals surface area contributed by atoms with Crippen molar-refractivity contribution < 1.29 is 24.6 Å². The first-order valence-electron chi connectivity index (χ1n) is 6.18. The number of carbonyl (C=O) groups is 3. The molecular weight excluding hydrogens is 238 g/mol. The second kappa shape index (κ2) is 6.37. The van der Waals surface area contributed by atoms with E-state index in [1.54, 1.807) is 6.92 Å². The van der Waals surface area contributed by atoms with Gasteiger partial charge in [-0.05, 0) is 25.7 Å². The first-order valence-corrected chi connectivity index (χ1v) is 6.18. The average Bonchev–Trinajstić information content (AvgIpc) is 2.34. The third-order valence-corrected chi connectivity index (χ3v) is 3.28. The second-order valence-electron chi connectivity index (χ2n) is 4.71. The molecule has 2 N–H and O–H groups in total. The summed E-state index contributed by atoms with van der Waals surface area (Å²) in [5, 5.41) is 17.6. The Labute approximate surface area is 106 Å². The lowest BCUT2D eigenvalue weighted by molar-refractivity contribution is -0.154. The van der Waals surface area contributed by atoms with Gasteiger partial charge in [0.2, 0.25) is 5.91 Å². The van der Waals surface area contributed by atoms with E-state index in [9.17, 15) is 14.4 Å². The molecule has 6 nitrogen and oxygen atoms in total. The van der Waals surface area contributed by atoms with Gasteiger partial charge in [-0.25, -0.2) is 4.79 Å². The highest BCUT2D eigenvalue weighted by Crippen LogP contribution is 2.21. The van der Waals surface area contributed by atoms with E-state index in [0.717, 1.165) is 12.8 Å². The summed E-state index contributed by atoms with van der Waals surface area (Å²) in [6.45, 7) is 2.10. The summed E-state index contributed by atoms with van der Waals surface area (Å²) in [6.07, 6.45) is 2.27. The van der Waals surface area contributed by atoms with Crippen LogP contribution in [0.3, 0.4) is 0 Å². The van der Waals surface area contributed by atoms with E-state index < -0.39 is 23.9 Å². The SMILES string of the molecule is CC(CCC(=O)O)C(=O)N1CCCCC1C(=O)O. The summed E-state index contributed by atoms with van der Waals surface area (Å²) in [6, 6.07) is -0.751. The molecule has 18 heavy (non-hydrogen) atoms. The van der Waals surface area contributed by atoms with Gasteiger partial charge in [0.1, 0.15) is 6.04 Å². The number of rotatable bonds is 5. The standard InChI is InChI=1S/C12H19NO5/c1-8(5-6-10(14)15)11(16)13-7-3-2-4-9(13)12(17)18/h8-9H,2-7H2,1H3,(H,14,15)(H,17,18). The molecule has 1 rings (SSSR count). The molecule has 0 aromatic rings. The summed E-state index contributed by atoms with van der Waals surface area (Å²) < 4.78 is 0. The van der Waals surface area contributed by atoms with E-state index >= 15 is 0 Å². The van der Waals surface area contributed by atoms with Crippen molar-refractivity contribution >= 4 is 17.8 Å². The minimum Gasteiger partial charge on any atom is -0.481 e. The molecule has 2 atom stereocenters. The molecule has 1 fully saturated rings. The van der Waals surface area contributed by atoms with Crippen molar-refractivity contribution in [1.29, 1.82) is 0 Å². The molecule has 0 saturated carbocycles. The first kappa shape index (κ1) is 14.5. The number of piperidine rings is 1. The van der Waals surface area contributed by atoms with Crippen LogP contribution in [0, 0.1) is 5.92 Å². The van der Waals surface area contributed by atoms with Crippen molar-refractivity contribution in [3.8, 4) is 0 Å². The van der Waals surface area contributed by atoms with Crippen molar-refractivity contribution in [1.82, 2.24) is 4.90 Å². The maximum absolute atomic E-state index is 12.1. The van der Waals surface area contributed by atoms with Crippen LogP contribution in [0.15, 0.2) is 0 Å². The van der Waals surface area contributed by atoms with Gasteiger partial charge in [-0.3, -0.25) is 9.59 Å². The average molecular weight is 257 g/mol. The quantitative estimate of drug-likeness (QED) is 0.764. The first-order chi connectivity index (χ1) is 8.43. The van der Waals surface area contributed by atoms with Gasteiger partial charge in [0.15, 0.2) is 0 Å². The second-order valence-corrected chi connectivity index (χ2v) is 4.71. The minimum absolute atomic E-state index is 0.0709. The molecule has 1 aliphatic rings. The lowest BCUT2D eigenvalue weighted by atomic mass is 9.97. The van der Waals surface area contributed by atoms with E-state index in [2.05, 4.69) is 0 Å². The zero-order chi connectivity index (χ0) is 13.7. The predicted octanol–water partition coefficient (Wildman–Crippen LogP) is 0.953.